The number of nitrogens with one attached hydrogen (secondary N) is 1. The van der Waals surface area contributed by atoms with Crippen molar-refractivity contribution in [2.75, 3.05) is 7.11 Å². The van der Waals surface area contributed by atoms with Crippen molar-refractivity contribution < 1.29 is 13.9 Å². The fourth-order valence-corrected chi connectivity index (χ4v) is 2.67. The van der Waals surface area contributed by atoms with Crippen molar-refractivity contribution in [1.82, 2.24) is 15.1 Å². The quantitative estimate of drug-likeness (QED) is 0.899. The highest BCUT2D eigenvalue weighted by atomic mass is 19.1. The Kier molecular flexibility index (Phi) is 5.62. The molecule has 2 aromatic rings. The fourth-order valence-electron chi connectivity index (χ4n) is 2.67. The first-order valence-corrected chi connectivity index (χ1v) is 8.29. The minimum atomic E-state index is -0.373. The number of hydrogen-bond donors (Lipinski definition) is 1. The summed E-state index contributed by atoms with van der Waals surface area (Å²) in [5, 5.41) is 7.38. The zero-order chi connectivity index (χ0) is 18.8. The Balaban J connectivity index is 2.16. The van der Waals surface area contributed by atoms with Gasteiger partial charge in [0.1, 0.15) is 11.9 Å². The van der Waals surface area contributed by atoms with E-state index in [1.165, 1.54) is 12.1 Å². The molecular weight excluding hydrogens is 321 g/mol. The SMILES string of the molecule is CO[C@H](c1ccc(F)cc1)[C@@H](C)NC(=O)c1cn(C(C)(C)C)nc1C. The lowest BCUT2D eigenvalue weighted by molar-refractivity contribution is 0.0644. The van der Waals surface area contributed by atoms with Crippen LogP contribution in [0.4, 0.5) is 4.39 Å². The van der Waals surface area contributed by atoms with E-state index in [4.69, 9.17) is 4.74 Å². The number of benzene rings is 1. The van der Waals surface area contributed by atoms with Gasteiger partial charge in [-0.15, -0.1) is 0 Å². The summed E-state index contributed by atoms with van der Waals surface area (Å²) in [6.07, 6.45) is 1.39. The summed E-state index contributed by atoms with van der Waals surface area (Å²) < 4.78 is 20.4. The number of halogens is 1. The zero-order valence-electron chi connectivity index (χ0n) is 15.6. The Labute approximate surface area is 148 Å². The molecule has 2 rings (SSSR count). The first-order valence-electron chi connectivity index (χ1n) is 8.29. The maximum atomic E-state index is 13.1. The minimum Gasteiger partial charge on any atom is -0.375 e. The Morgan fingerprint density at radius 2 is 1.88 bits per heavy atom. The molecule has 0 radical (unpaired) electrons. The van der Waals surface area contributed by atoms with Crippen molar-refractivity contribution in [2.24, 2.45) is 0 Å². The van der Waals surface area contributed by atoms with Crippen LogP contribution in [0, 0.1) is 12.7 Å². The van der Waals surface area contributed by atoms with E-state index in [-0.39, 0.29) is 29.4 Å². The van der Waals surface area contributed by atoms with Crippen LogP contribution >= 0.6 is 0 Å². The number of aromatic nitrogens is 2. The predicted octanol–water partition coefficient (Wildman–Crippen LogP) is 3.59. The second-order valence-electron chi connectivity index (χ2n) is 7.21. The molecule has 0 unspecified atom stereocenters. The average Bonchev–Trinajstić information content (AvgIpc) is 2.92. The van der Waals surface area contributed by atoms with E-state index < -0.39 is 0 Å². The molecule has 0 saturated carbocycles. The largest absolute Gasteiger partial charge is 0.375 e. The molecule has 0 aliphatic heterocycles. The van der Waals surface area contributed by atoms with Gasteiger partial charge >= 0.3 is 0 Å². The van der Waals surface area contributed by atoms with Crippen molar-refractivity contribution in [1.29, 1.82) is 0 Å². The summed E-state index contributed by atoms with van der Waals surface area (Å²) in [6.45, 7) is 9.76. The van der Waals surface area contributed by atoms with E-state index in [2.05, 4.69) is 10.4 Å². The lowest BCUT2D eigenvalue weighted by Crippen LogP contribution is -2.38. The van der Waals surface area contributed by atoms with Crippen molar-refractivity contribution in [3.8, 4) is 0 Å². The van der Waals surface area contributed by atoms with Crippen molar-refractivity contribution in [3.63, 3.8) is 0 Å². The molecule has 0 bridgehead atoms. The molecule has 1 aromatic heterocycles. The summed E-state index contributed by atoms with van der Waals surface area (Å²) in [5.74, 6) is -0.509. The minimum absolute atomic E-state index is 0.196. The molecule has 1 heterocycles. The zero-order valence-corrected chi connectivity index (χ0v) is 15.6. The number of hydrogen-bond acceptors (Lipinski definition) is 3. The summed E-state index contributed by atoms with van der Waals surface area (Å²) >= 11 is 0. The van der Waals surface area contributed by atoms with Gasteiger partial charge in [0.25, 0.3) is 5.91 Å². The third-order valence-electron chi connectivity index (χ3n) is 4.10. The second-order valence-corrected chi connectivity index (χ2v) is 7.21. The number of carbonyl (C=O) groups excluding carboxylic acids is 1. The van der Waals surface area contributed by atoms with Gasteiger partial charge in [0.15, 0.2) is 0 Å². The normalized spacial score (nSPS) is 14.2. The van der Waals surface area contributed by atoms with E-state index in [1.807, 2.05) is 34.6 Å². The topological polar surface area (TPSA) is 56.1 Å². The highest BCUT2D eigenvalue weighted by Gasteiger charge is 2.24. The van der Waals surface area contributed by atoms with Gasteiger partial charge in [0.2, 0.25) is 0 Å². The van der Waals surface area contributed by atoms with Gasteiger partial charge in [-0.1, -0.05) is 12.1 Å². The van der Waals surface area contributed by atoms with Crippen LogP contribution in [0.3, 0.4) is 0 Å². The van der Waals surface area contributed by atoms with E-state index in [0.29, 0.717) is 11.3 Å². The first kappa shape index (κ1) is 19.1. The Hall–Kier alpha value is -2.21. The molecule has 1 N–H and O–H groups in total. The molecule has 5 nitrogen and oxygen atoms in total. The van der Waals surface area contributed by atoms with Crippen LogP contribution in [0.1, 0.15) is 55.4 Å². The molecule has 1 aromatic carbocycles. The van der Waals surface area contributed by atoms with Crippen molar-refractivity contribution >= 4 is 5.91 Å². The second kappa shape index (κ2) is 7.35. The van der Waals surface area contributed by atoms with Gasteiger partial charge in [0, 0.05) is 13.3 Å². The average molecular weight is 347 g/mol. The molecular formula is C19H26FN3O2. The fraction of sp³-hybridized carbons (Fsp3) is 0.474. The Bertz CT molecular complexity index is 732. The molecule has 6 heteroatoms. The number of rotatable bonds is 5. The number of nitrogens with zero attached hydrogens (tertiary/aromatic N) is 2. The Morgan fingerprint density at radius 3 is 2.36 bits per heavy atom. The van der Waals surface area contributed by atoms with Crippen molar-refractivity contribution in [3.05, 3.63) is 53.1 Å². The van der Waals surface area contributed by atoms with Gasteiger partial charge < -0.3 is 10.1 Å². The van der Waals surface area contributed by atoms with Crippen LogP contribution < -0.4 is 5.32 Å². The summed E-state index contributed by atoms with van der Waals surface area (Å²) in [6, 6.07) is 5.80. The maximum absolute atomic E-state index is 13.1. The number of amides is 1. The van der Waals surface area contributed by atoms with Crippen LogP contribution in [-0.2, 0) is 10.3 Å². The van der Waals surface area contributed by atoms with Crippen molar-refractivity contribution in [2.45, 2.75) is 52.3 Å². The Morgan fingerprint density at radius 1 is 1.28 bits per heavy atom. The van der Waals surface area contributed by atoms with Gasteiger partial charge in [-0.2, -0.15) is 5.10 Å². The van der Waals surface area contributed by atoms with Gasteiger partial charge in [-0.3, -0.25) is 9.48 Å². The lowest BCUT2D eigenvalue weighted by Gasteiger charge is -2.24. The highest BCUT2D eigenvalue weighted by Crippen LogP contribution is 2.22. The van der Waals surface area contributed by atoms with Crippen LogP contribution in [0.15, 0.2) is 30.5 Å². The molecule has 136 valence electrons. The van der Waals surface area contributed by atoms with Gasteiger partial charge in [-0.25, -0.2) is 4.39 Å². The van der Waals surface area contributed by atoms with E-state index in [0.717, 1.165) is 5.56 Å². The van der Waals surface area contributed by atoms with E-state index in [1.54, 1.807) is 30.1 Å². The molecule has 0 saturated heterocycles. The molecule has 25 heavy (non-hydrogen) atoms. The first-order chi connectivity index (χ1) is 11.6. The summed E-state index contributed by atoms with van der Waals surface area (Å²) in [5.41, 5.74) is 1.82. The standard InChI is InChI=1S/C19H26FN3O2/c1-12-16(11-23(22-12)19(3,4)5)18(24)21-13(2)17(25-6)14-7-9-15(20)10-8-14/h7-11,13,17H,1-6H3,(H,21,24)/t13-,17+/m1/s1. The predicted molar refractivity (Wildman–Crippen MR) is 95.0 cm³/mol. The van der Waals surface area contributed by atoms with E-state index in [9.17, 15) is 9.18 Å². The third-order valence-corrected chi connectivity index (χ3v) is 4.10. The number of carbonyl (C=O) groups is 1. The van der Waals surface area contributed by atoms with Crippen LogP contribution in [0.2, 0.25) is 0 Å². The third kappa shape index (κ3) is 4.45. The van der Waals surface area contributed by atoms with Gasteiger partial charge in [0.05, 0.1) is 22.8 Å². The monoisotopic (exact) mass is 347 g/mol. The maximum Gasteiger partial charge on any atom is 0.255 e. The lowest BCUT2D eigenvalue weighted by atomic mass is 10.0. The van der Waals surface area contributed by atoms with Crippen LogP contribution in [0.25, 0.3) is 0 Å². The van der Waals surface area contributed by atoms with Gasteiger partial charge in [-0.05, 0) is 52.3 Å². The van der Waals surface area contributed by atoms with Crippen LogP contribution in [-0.4, -0.2) is 28.8 Å². The van der Waals surface area contributed by atoms with Crippen LogP contribution in [0.5, 0.6) is 0 Å². The highest BCUT2D eigenvalue weighted by molar-refractivity contribution is 5.95. The van der Waals surface area contributed by atoms with E-state index >= 15 is 0 Å². The smallest absolute Gasteiger partial charge is 0.255 e. The number of ether oxygens (including phenoxy) is 1. The molecule has 1 amide bonds. The molecule has 0 aliphatic carbocycles. The molecule has 0 spiro atoms. The summed E-state index contributed by atoms with van der Waals surface area (Å²) in [7, 11) is 1.57. The number of methoxy groups -OCH3 is 1. The molecule has 0 fully saturated rings. The molecule has 2 atom stereocenters. The summed E-state index contributed by atoms with van der Waals surface area (Å²) in [4.78, 5) is 12.6. The number of aryl methyl sites for hydroxylation is 1. The molecule has 0 aliphatic rings.